The fourth-order valence-electron chi connectivity index (χ4n) is 3.43. The van der Waals surface area contributed by atoms with Gasteiger partial charge in [-0.3, -0.25) is 4.79 Å². The number of hydrogen-bond donors (Lipinski definition) is 1. The lowest BCUT2D eigenvalue weighted by molar-refractivity contribution is -0.176. The SMILES string of the molecule is CCN(CC)CCC(C(=O)O)C1(c2ccccc2)Oc2ccccc2O1. The molecule has 0 saturated heterocycles. The number of carbonyl (C=O) groups is 1. The van der Waals surface area contributed by atoms with Crippen LogP contribution in [0.2, 0.25) is 0 Å². The topological polar surface area (TPSA) is 59.0 Å². The minimum atomic E-state index is -1.36. The highest BCUT2D eigenvalue weighted by molar-refractivity contribution is 5.72. The molecule has 1 aliphatic heterocycles. The second kappa shape index (κ2) is 7.79. The third-order valence-corrected chi connectivity index (χ3v) is 4.93. The van der Waals surface area contributed by atoms with Crippen LogP contribution >= 0.6 is 0 Å². The number of hydrogen-bond acceptors (Lipinski definition) is 4. The van der Waals surface area contributed by atoms with Crippen molar-refractivity contribution in [2.45, 2.75) is 26.1 Å². The molecule has 138 valence electrons. The van der Waals surface area contributed by atoms with Crippen molar-refractivity contribution in [1.82, 2.24) is 4.90 Å². The Morgan fingerprint density at radius 3 is 2.04 bits per heavy atom. The number of aliphatic carboxylic acids is 1. The largest absolute Gasteiger partial charge is 0.481 e. The number of nitrogens with zero attached hydrogens (tertiary/aromatic N) is 1. The normalized spacial score (nSPS) is 15.8. The Morgan fingerprint density at radius 2 is 1.54 bits per heavy atom. The number of carboxylic acids is 1. The van der Waals surface area contributed by atoms with E-state index in [0.717, 1.165) is 13.1 Å². The fraction of sp³-hybridized carbons (Fsp3) is 0.381. The zero-order valence-electron chi connectivity index (χ0n) is 15.2. The van der Waals surface area contributed by atoms with Crippen LogP contribution in [0.25, 0.3) is 0 Å². The Bertz CT molecular complexity index is 718. The molecule has 3 rings (SSSR count). The number of fused-ring (bicyclic) bond motifs is 1. The van der Waals surface area contributed by atoms with Crippen LogP contribution in [-0.4, -0.2) is 35.6 Å². The van der Waals surface area contributed by atoms with Crippen molar-refractivity contribution in [3.05, 3.63) is 60.2 Å². The fourth-order valence-corrected chi connectivity index (χ4v) is 3.43. The van der Waals surface area contributed by atoms with E-state index in [1.807, 2.05) is 54.6 Å². The molecule has 0 fully saturated rings. The van der Waals surface area contributed by atoms with Crippen LogP contribution in [-0.2, 0) is 10.6 Å². The first-order valence-corrected chi connectivity index (χ1v) is 9.08. The average molecular weight is 355 g/mol. The quantitative estimate of drug-likeness (QED) is 0.782. The molecule has 0 saturated carbocycles. The monoisotopic (exact) mass is 355 g/mol. The van der Waals surface area contributed by atoms with Gasteiger partial charge in [0.15, 0.2) is 11.5 Å². The van der Waals surface area contributed by atoms with E-state index in [-0.39, 0.29) is 0 Å². The summed E-state index contributed by atoms with van der Waals surface area (Å²) in [7, 11) is 0. The van der Waals surface area contributed by atoms with Gasteiger partial charge in [-0.05, 0) is 38.2 Å². The molecule has 0 aromatic heterocycles. The van der Waals surface area contributed by atoms with Crippen LogP contribution in [0.4, 0.5) is 0 Å². The first-order chi connectivity index (χ1) is 12.6. The lowest BCUT2D eigenvalue weighted by atomic mass is 9.88. The van der Waals surface area contributed by atoms with Crippen LogP contribution in [0.1, 0.15) is 25.8 Å². The minimum absolute atomic E-state index is 0.430. The Morgan fingerprint density at radius 1 is 1.00 bits per heavy atom. The van der Waals surface area contributed by atoms with E-state index in [4.69, 9.17) is 9.47 Å². The molecule has 1 atom stereocenters. The van der Waals surface area contributed by atoms with Crippen molar-refractivity contribution in [2.24, 2.45) is 5.92 Å². The summed E-state index contributed by atoms with van der Waals surface area (Å²) in [6, 6.07) is 16.7. The second-order valence-corrected chi connectivity index (χ2v) is 6.39. The van der Waals surface area contributed by atoms with Gasteiger partial charge in [-0.2, -0.15) is 0 Å². The van der Waals surface area contributed by atoms with E-state index in [0.29, 0.717) is 30.0 Å². The Balaban J connectivity index is 1.98. The molecule has 5 heteroatoms. The minimum Gasteiger partial charge on any atom is -0.481 e. The third kappa shape index (κ3) is 3.40. The zero-order valence-corrected chi connectivity index (χ0v) is 15.2. The van der Waals surface area contributed by atoms with Gasteiger partial charge in [0, 0.05) is 5.56 Å². The Labute approximate surface area is 154 Å². The molecule has 0 bridgehead atoms. The smallest absolute Gasteiger partial charge is 0.314 e. The molecule has 2 aromatic carbocycles. The number of carboxylic acid groups (broad SMARTS) is 1. The zero-order chi connectivity index (χ0) is 18.6. The van der Waals surface area contributed by atoms with Gasteiger partial charge < -0.3 is 19.5 Å². The van der Waals surface area contributed by atoms with Gasteiger partial charge in [0.25, 0.3) is 5.79 Å². The summed E-state index contributed by atoms with van der Waals surface area (Å²) in [6.45, 7) is 6.57. The van der Waals surface area contributed by atoms with Gasteiger partial charge in [0.2, 0.25) is 0 Å². The Hall–Kier alpha value is -2.53. The summed E-state index contributed by atoms with van der Waals surface area (Å²) in [5.74, 6) is -1.97. The maximum Gasteiger partial charge on any atom is 0.314 e. The van der Waals surface area contributed by atoms with Gasteiger partial charge in [-0.1, -0.05) is 56.3 Å². The molecular formula is C21H25NO4. The first-order valence-electron chi connectivity index (χ1n) is 9.08. The molecule has 1 unspecified atom stereocenters. The van der Waals surface area contributed by atoms with Crippen molar-refractivity contribution >= 4 is 5.97 Å². The summed E-state index contributed by atoms with van der Waals surface area (Å²) in [5, 5.41) is 10.0. The van der Waals surface area contributed by atoms with E-state index in [1.54, 1.807) is 0 Å². The maximum atomic E-state index is 12.2. The predicted molar refractivity (Wildman–Crippen MR) is 99.3 cm³/mol. The molecule has 0 spiro atoms. The van der Waals surface area contributed by atoms with Gasteiger partial charge in [0.05, 0.1) is 0 Å². The standard InChI is InChI=1S/C21H25NO4/c1-3-22(4-2)15-14-17(20(23)24)21(16-10-6-5-7-11-16)25-18-12-8-9-13-19(18)26-21/h5-13,17H,3-4,14-15H2,1-2H3,(H,23,24). The van der Waals surface area contributed by atoms with Crippen LogP contribution in [0.15, 0.2) is 54.6 Å². The number of ether oxygens (including phenoxy) is 2. The summed E-state index contributed by atoms with van der Waals surface area (Å²) >= 11 is 0. The Kier molecular flexibility index (Phi) is 5.47. The molecule has 1 N–H and O–H groups in total. The molecule has 2 aromatic rings. The summed E-state index contributed by atoms with van der Waals surface area (Å²) in [6.07, 6.45) is 0.430. The summed E-state index contributed by atoms with van der Waals surface area (Å²) in [4.78, 5) is 14.4. The van der Waals surface area contributed by atoms with Crippen molar-refractivity contribution < 1.29 is 19.4 Å². The van der Waals surface area contributed by atoms with Crippen LogP contribution in [0, 0.1) is 5.92 Å². The van der Waals surface area contributed by atoms with Gasteiger partial charge >= 0.3 is 5.97 Å². The van der Waals surface area contributed by atoms with E-state index < -0.39 is 17.7 Å². The van der Waals surface area contributed by atoms with E-state index in [2.05, 4.69) is 18.7 Å². The first kappa shape index (κ1) is 18.3. The van der Waals surface area contributed by atoms with Crippen molar-refractivity contribution in [1.29, 1.82) is 0 Å². The van der Waals surface area contributed by atoms with Crippen molar-refractivity contribution in [2.75, 3.05) is 19.6 Å². The van der Waals surface area contributed by atoms with Gasteiger partial charge in [-0.25, -0.2) is 0 Å². The lowest BCUT2D eigenvalue weighted by Gasteiger charge is -2.34. The van der Waals surface area contributed by atoms with Crippen LogP contribution < -0.4 is 9.47 Å². The van der Waals surface area contributed by atoms with Crippen LogP contribution in [0.3, 0.4) is 0 Å². The highest BCUT2D eigenvalue weighted by Gasteiger charge is 2.53. The predicted octanol–water partition coefficient (Wildman–Crippen LogP) is 3.74. The summed E-state index contributed by atoms with van der Waals surface area (Å²) in [5.41, 5.74) is 0.711. The molecule has 0 radical (unpaired) electrons. The van der Waals surface area contributed by atoms with Gasteiger partial charge in [0.1, 0.15) is 5.92 Å². The van der Waals surface area contributed by atoms with Gasteiger partial charge in [-0.15, -0.1) is 0 Å². The molecule has 1 aliphatic rings. The second-order valence-electron chi connectivity index (χ2n) is 6.39. The van der Waals surface area contributed by atoms with E-state index in [1.165, 1.54) is 0 Å². The summed E-state index contributed by atoms with van der Waals surface area (Å²) < 4.78 is 12.4. The van der Waals surface area contributed by atoms with E-state index in [9.17, 15) is 9.90 Å². The molecule has 0 aliphatic carbocycles. The number of rotatable bonds is 8. The number of benzene rings is 2. The molecule has 26 heavy (non-hydrogen) atoms. The van der Waals surface area contributed by atoms with Crippen molar-refractivity contribution in [3.8, 4) is 11.5 Å². The molecule has 1 heterocycles. The highest BCUT2D eigenvalue weighted by atomic mass is 16.7. The third-order valence-electron chi connectivity index (χ3n) is 4.93. The molecule has 0 amide bonds. The molecular weight excluding hydrogens is 330 g/mol. The van der Waals surface area contributed by atoms with Crippen LogP contribution in [0.5, 0.6) is 11.5 Å². The van der Waals surface area contributed by atoms with Crippen molar-refractivity contribution in [3.63, 3.8) is 0 Å². The maximum absolute atomic E-state index is 12.2. The van der Waals surface area contributed by atoms with E-state index >= 15 is 0 Å². The average Bonchev–Trinajstić information content (AvgIpc) is 3.06. The molecule has 5 nitrogen and oxygen atoms in total. The highest BCUT2D eigenvalue weighted by Crippen LogP contribution is 2.48. The number of para-hydroxylation sites is 2. The lowest BCUT2D eigenvalue weighted by Crippen LogP contribution is -2.48.